The van der Waals surface area contributed by atoms with Crippen LogP contribution in [0.4, 0.5) is 5.69 Å². The lowest BCUT2D eigenvalue weighted by Gasteiger charge is -2.36. The molecule has 1 aromatic carbocycles. The van der Waals surface area contributed by atoms with Gasteiger partial charge in [0.05, 0.1) is 12.6 Å². The fourth-order valence-electron chi connectivity index (χ4n) is 2.29. The maximum Gasteiger partial charge on any atom is 0.0635 e. The van der Waals surface area contributed by atoms with E-state index in [-0.39, 0.29) is 12.6 Å². The molecule has 1 fully saturated rings. The second-order valence-corrected chi connectivity index (χ2v) is 4.87. The minimum absolute atomic E-state index is 0.228. The number of aliphatic hydroxyl groups is 1. The number of hydrogen-bond donors (Lipinski definition) is 1. The molecule has 16 heavy (non-hydrogen) atoms. The molecule has 3 heteroatoms. The van der Waals surface area contributed by atoms with Crippen LogP contribution in [-0.4, -0.2) is 24.3 Å². The highest BCUT2D eigenvalue weighted by atomic mass is 35.5. The normalized spacial score (nSPS) is 21.2. The Kier molecular flexibility index (Phi) is 3.72. The van der Waals surface area contributed by atoms with Crippen molar-refractivity contribution in [1.29, 1.82) is 0 Å². The van der Waals surface area contributed by atoms with Gasteiger partial charge in [0, 0.05) is 17.3 Å². The van der Waals surface area contributed by atoms with Gasteiger partial charge in [-0.05, 0) is 43.9 Å². The molecule has 2 rings (SSSR count). The first-order valence-corrected chi connectivity index (χ1v) is 6.24. The zero-order chi connectivity index (χ0) is 11.5. The zero-order valence-electron chi connectivity index (χ0n) is 9.62. The fourth-order valence-corrected chi connectivity index (χ4v) is 2.47. The van der Waals surface area contributed by atoms with Crippen molar-refractivity contribution in [2.45, 2.75) is 32.2 Å². The first kappa shape index (κ1) is 11.7. The lowest BCUT2D eigenvalue weighted by Crippen LogP contribution is -2.41. The molecule has 0 amide bonds. The number of rotatable bonds is 2. The molecule has 1 saturated heterocycles. The highest BCUT2D eigenvalue weighted by molar-refractivity contribution is 6.31. The van der Waals surface area contributed by atoms with Crippen LogP contribution in [0.3, 0.4) is 0 Å². The average Bonchev–Trinajstić information content (AvgIpc) is 2.32. The predicted molar refractivity (Wildman–Crippen MR) is 68.3 cm³/mol. The molecular weight excluding hydrogens is 222 g/mol. The third-order valence-electron chi connectivity index (χ3n) is 3.32. The van der Waals surface area contributed by atoms with Crippen molar-refractivity contribution >= 4 is 17.3 Å². The molecule has 1 heterocycles. The summed E-state index contributed by atoms with van der Waals surface area (Å²) in [5, 5.41) is 10.2. The van der Waals surface area contributed by atoms with E-state index in [0.717, 1.165) is 29.2 Å². The quantitative estimate of drug-likeness (QED) is 0.858. The molecule has 1 unspecified atom stereocenters. The number of hydrogen-bond acceptors (Lipinski definition) is 2. The summed E-state index contributed by atoms with van der Waals surface area (Å²) in [6, 6.07) is 6.40. The topological polar surface area (TPSA) is 23.5 Å². The van der Waals surface area contributed by atoms with Crippen LogP contribution in [-0.2, 0) is 0 Å². The van der Waals surface area contributed by atoms with Crippen LogP contribution in [0.1, 0.15) is 24.8 Å². The Morgan fingerprint density at radius 2 is 2.25 bits per heavy atom. The van der Waals surface area contributed by atoms with E-state index < -0.39 is 0 Å². The summed E-state index contributed by atoms with van der Waals surface area (Å²) in [5.41, 5.74) is 2.23. The Labute approximate surface area is 102 Å². The Morgan fingerprint density at radius 1 is 1.44 bits per heavy atom. The Bertz CT molecular complexity index is 367. The molecule has 1 aliphatic rings. The minimum atomic E-state index is 0.228. The number of aryl methyl sites for hydroxylation is 1. The molecule has 0 spiro atoms. The van der Waals surface area contributed by atoms with Gasteiger partial charge in [0.1, 0.15) is 0 Å². The Morgan fingerprint density at radius 3 is 2.94 bits per heavy atom. The van der Waals surface area contributed by atoms with Crippen LogP contribution in [0.5, 0.6) is 0 Å². The van der Waals surface area contributed by atoms with Crippen molar-refractivity contribution in [3.8, 4) is 0 Å². The molecule has 88 valence electrons. The van der Waals surface area contributed by atoms with Crippen molar-refractivity contribution in [1.82, 2.24) is 0 Å². The molecule has 1 aliphatic heterocycles. The standard InChI is InChI=1S/C13H18ClNO/c1-10-5-6-11(8-13(10)14)15-7-3-2-4-12(15)9-16/h5-6,8,12,16H,2-4,7,9H2,1H3. The molecule has 0 aliphatic carbocycles. The van der Waals surface area contributed by atoms with Gasteiger partial charge in [0.2, 0.25) is 0 Å². The van der Waals surface area contributed by atoms with E-state index in [1.54, 1.807) is 0 Å². The van der Waals surface area contributed by atoms with Crippen molar-refractivity contribution in [2.75, 3.05) is 18.1 Å². The van der Waals surface area contributed by atoms with Crippen molar-refractivity contribution in [2.24, 2.45) is 0 Å². The van der Waals surface area contributed by atoms with Crippen LogP contribution in [0.15, 0.2) is 18.2 Å². The van der Waals surface area contributed by atoms with Gasteiger partial charge in [0.25, 0.3) is 0 Å². The van der Waals surface area contributed by atoms with E-state index in [1.807, 2.05) is 19.1 Å². The Hall–Kier alpha value is -0.730. The lowest BCUT2D eigenvalue weighted by atomic mass is 10.0. The fraction of sp³-hybridized carbons (Fsp3) is 0.538. The van der Waals surface area contributed by atoms with E-state index >= 15 is 0 Å². The van der Waals surface area contributed by atoms with Crippen LogP contribution in [0, 0.1) is 6.92 Å². The summed E-state index contributed by atoms with van der Waals surface area (Å²) in [5.74, 6) is 0. The van der Waals surface area contributed by atoms with Gasteiger partial charge in [-0.1, -0.05) is 17.7 Å². The predicted octanol–water partition coefficient (Wildman–Crippen LogP) is 3.00. The van der Waals surface area contributed by atoms with Crippen molar-refractivity contribution in [3.63, 3.8) is 0 Å². The number of aliphatic hydroxyl groups excluding tert-OH is 1. The molecule has 0 radical (unpaired) electrons. The highest BCUT2D eigenvalue weighted by Gasteiger charge is 2.21. The largest absolute Gasteiger partial charge is 0.394 e. The number of nitrogens with zero attached hydrogens (tertiary/aromatic N) is 1. The number of benzene rings is 1. The highest BCUT2D eigenvalue weighted by Crippen LogP contribution is 2.28. The minimum Gasteiger partial charge on any atom is -0.394 e. The van der Waals surface area contributed by atoms with Gasteiger partial charge in [-0.25, -0.2) is 0 Å². The lowest BCUT2D eigenvalue weighted by molar-refractivity contribution is 0.240. The van der Waals surface area contributed by atoms with Crippen LogP contribution in [0.2, 0.25) is 5.02 Å². The second kappa shape index (κ2) is 5.07. The molecule has 1 N–H and O–H groups in total. The maximum absolute atomic E-state index is 9.37. The zero-order valence-corrected chi connectivity index (χ0v) is 10.4. The van der Waals surface area contributed by atoms with Crippen LogP contribution < -0.4 is 4.90 Å². The molecule has 0 bridgehead atoms. The van der Waals surface area contributed by atoms with Gasteiger partial charge >= 0.3 is 0 Å². The summed E-state index contributed by atoms with van der Waals surface area (Å²) in [4.78, 5) is 2.27. The van der Waals surface area contributed by atoms with Gasteiger partial charge in [-0.3, -0.25) is 0 Å². The monoisotopic (exact) mass is 239 g/mol. The summed E-state index contributed by atoms with van der Waals surface area (Å²) in [6.45, 7) is 3.25. The van der Waals surface area contributed by atoms with E-state index in [0.29, 0.717) is 0 Å². The SMILES string of the molecule is Cc1ccc(N2CCCCC2CO)cc1Cl. The molecule has 1 aromatic rings. The summed E-state index contributed by atoms with van der Waals surface area (Å²) in [6.07, 6.45) is 3.48. The van der Waals surface area contributed by atoms with Crippen LogP contribution >= 0.6 is 11.6 Å². The van der Waals surface area contributed by atoms with E-state index in [4.69, 9.17) is 11.6 Å². The van der Waals surface area contributed by atoms with Crippen molar-refractivity contribution < 1.29 is 5.11 Å². The number of anilines is 1. The van der Waals surface area contributed by atoms with Crippen molar-refractivity contribution in [3.05, 3.63) is 28.8 Å². The van der Waals surface area contributed by atoms with Gasteiger partial charge in [-0.15, -0.1) is 0 Å². The molecule has 0 saturated carbocycles. The summed E-state index contributed by atoms with van der Waals surface area (Å²) >= 11 is 6.13. The Balaban J connectivity index is 2.23. The van der Waals surface area contributed by atoms with Gasteiger partial charge in [-0.2, -0.15) is 0 Å². The van der Waals surface area contributed by atoms with E-state index in [2.05, 4.69) is 11.0 Å². The van der Waals surface area contributed by atoms with Gasteiger partial charge in [0.15, 0.2) is 0 Å². The number of halogens is 1. The molecular formula is C13H18ClNO. The smallest absolute Gasteiger partial charge is 0.0635 e. The third kappa shape index (κ3) is 2.33. The molecule has 1 atom stereocenters. The number of piperidine rings is 1. The van der Waals surface area contributed by atoms with E-state index in [9.17, 15) is 5.11 Å². The summed E-state index contributed by atoms with van der Waals surface area (Å²) in [7, 11) is 0. The summed E-state index contributed by atoms with van der Waals surface area (Å²) < 4.78 is 0. The maximum atomic E-state index is 9.37. The first-order valence-electron chi connectivity index (χ1n) is 5.86. The second-order valence-electron chi connectivity index (χ2n) is 4.46. The van der Waals surface area contributed by atoms with E-state index in [1.165, 1.54) is 12.8 Å². The van der Waals surface area contributed by atoms with Crippen LogP contribution in [0.25, 0.3) is 0 Å². The molecule has 2 nitrogen and oxygen atoms in total. The average molecular weight is 240 g/mol. The van der Waals surface area contributed by atoms with Gasteiger partial charge < -0.3 is 10.0 Å². The first-order chi connectivity index (χ1) is 7.72. The molecule has 0 aromatic heterocycles. The third-order valence-corrected chi connectivity index (χ3v) is 3.73.